The molecule has 0 N–H and O–H groups in total. The van der Waals surface area contributed by atoms with Crippen molar-refractivity contribution in [1.82, 2.24) is 9.97 Å². The Balaban J connectivity index is 0.000000145. The van der Waals surface area contributed by atoms with Crippen molar-refractivity contribution in [3.63, 3.8) is 0 Å². The number of para-hydroxylation sites is 4. The highest BCUT2D eigenvalue weighted by Gasteiger charge is 2.52. The lowest BCUT2D eigenvalue weighted by atomic mass is 9.76. The normalized spacial score (nSPS) is 14.4. The number of hydrogen-bond acceptors (Lipinski definition) is 6. The van der Waals surface area contributed by atoms with Gasteiger partial charge < -0.3 is 18.1 Å². The number of aromatic nitrogens is 2. The zero-order valence-corrected chi connectivity index (χ0v) is 38.3. The number of nitrogens with zero attached hydrogens (tertiary/aromatic N) is 2. The lowest BCUT2D eigenvalue weighted by Crippen LogP contribution is -2.41. The highest BCUT2D eigenvalue weighted by Crippen LogP contribution is 2.45. The van der Waals surface area contributed by atoms with E-state index in [0.717, 1.165) is 105 Å². The molecule has 0 aliphatic carbocycles. The monoisotopic (exact) mass is 860 g/mol. The van der Waals surface area contributed by atoms with E-state index in [4.69, 9.17) is 28.1 Å². The van der Waals surface area contributed by atoms with E-state index >= 15 is 0 Å². The predicted molar refractivity (Wildman–Crippen MR) is 276 cm³/mol. The van der Waals surface area contributed by atoms with E-state index in [1.807, 2.05) is 56.3 Å². The van der Waals surface area contributed by atoms with Gasteiger partial charge in [-0.05, 0) is 76.6 Å². The second-order valence-electron chi connectivity index (χ2n) is 17.9. The van der Waals surface area contributed by atoms with E-state index in [2.05, 4.69) is 162 Å². The minimum absolute atomic E-state index is 0.463. The Morgan fingerprint density at radius 1 is 0.409 bits per heavy atom. The van der Waals surface area contributed by atoms with Gasteiger partial charge in [0.2, 0.25) is 0 Å². The predicted octanol–water partition coefficient (Wildman–Crippen LogP) is 15.5. The van der Waals surface area contributed by atoms with Crippen molar-refractivity contribution in [2.45, 2.75) is 59.7 Å². The molecule has 6 nitrogen and oxygen atoms in total. The van der Waals surface area contributed by atoms with Gasteiger partial charge in [-0.2, -0.15) is 0 Å². The van der Waals surface area contributed by atoms with Crippen LogP contribution >= 0.6 is 0 Å². The maximum atomic E-state index is 6.55. The second-order valence-corrected chi connectivity index (χ2v) is 17.9. The first-order valence-corrected chi connectivity index (χ1v) is 22.9. The van der Waals surface area contributed by atoms with E-state index in [-0.39, 0.29) is 0 Å². The molecular weight excluding hydrogens is 811 g/mol. The molecular formula is C59H49BN2O4. The molecule has 66 heavy (non-hydrogen) atoms. The first-order chi connectivity index (χ1) is 32.1. The smallest absolute Gasteiger partial charge is 0.456 e. The molecule has 5 heterocycles. The molecule has 4 aromatic heterocycles. The quantitative estimate of drug-likeness (QED) is 0.130. The molecule has 1 saturated heterocycles. The Bertz CT molecular complexity index is 3800. The molecule has 1 aliphatic heterocycles. The van der Waals surface area contributed by atoms with Crippen LogP contribution in [0.3, 0.4) is 0 Å². The van der Waals surface area contributed by atoms with Crippen LogP contribution in [-0.2, 0) is 9.31 Å². The number of furan rings is 2. The van der Waals surface area contributed by atoms with E-state index in [0.29, 0.717) is 0 Å². The third-order valence-corrected chi connectivity index (χ3v) is 13.4. The highest BCUT2D eigenvalue weighted by atomic mass is 16.7. The standard InChI is InChI=1S/C31H26BNO3.C26H17NO.C2H6/c1-30(2)31(3,4)36-32(35-30)23-18-22-26(27-21-15-9-11-17-25(21)34-29(23)27)20-14-8-10-16-24(20)33-28(22)19-12-6-5-7-13-19;1-16-15-20-23(24-19-12-6-8-14-22(19)28-26(16)24)18-11-5-7-13-21(18)27-25(20)17-9-3-2-4-10-17;1-2/h5-18H,1-4H3;2-15H,1H3;1-2H3. The molecule has 7 heteroatoms. The fourth-order valence-corrected chi connectivity index (χ4v) is 9.62. The summed E-state index contributed by atoms with van der Waals surface area (Å²) in [5.74, 6) is 0. The Labute approximate surface area is 383 Å². The van der Waals surface area contributed by atoms with Crippen molar-refractivity contribution in [3.8, 4) is 22.5 Å². The minimum atomic E-state index is -0.558. The molecule has 0 saturated carbocycles. The van der Waals surface area contributed by atoms with Gasteiger partial charge in [-0.25, -0.2) is 9.97 Å². The number of rotatable bonds is 3. The van der Waals surface area contributed by atoms with Crippen LogP contribution in [0.2, 0.25) is 0 Å². The maximum Gasteiger partial charge on any atom is 0.498 e. The van der Waals surface area contributed by atoms with Gasteiger partial charge in [-0.3, -0.25) is 0 Å². The fraction of sp³-hybridized carbons (Fsp3) is 0.153. The number of pyridine rings is 2. The summed E-state index contributed by atoms with van der Waals surface area (Å²) in [6.07, 6.45) is 0. The average molecular weight is 861 g/mol. The van der Waals surface area contributed by atoms with Crippen molar-refractivity contribution in [2.24, 2.45) is 0 Å². The third kappa shape index (κ3) is 6.56. The molecule has 0 spiro atoms. The van der Waals surface area contributed by atoms with Gasteiger partial charge in [0, 0.05) is 70.5 Å². The molecule has 13 rings (SSSR count). The maximum absolute atomic E-state index is 6.55. The van der Waals surface area contributed by atoms with Gasteiger partial charge in [0.15, 0.2) is 0 Å². The van der Waals surface area contributed by atoms with Crippen LogP contribution in [0.1, 0.15) is 47.1 Å². The summed E-state index contributed by atoms with van der Waals surface area (Å²) in [5.41, 5.74) is 10.8. The Morgan fingerprint density at radius 3 is 1.30 bits per heavy atom. The van der Waals surface area contributed by atoms with E-state index in [1.165, 1.54) is 16.2 Å². The summed E-state index contributed by atoms with van der Waals surface area (Å²) in [6, 6.07) is 58.4. The van der Waals surface area contributed by atoms with Crippen LogP contribution in [0, 0.1) is 6.92 Å². The first kappa shape index (κ1) is 41.4. The van der Waals surface area contributed by atoms with Crippen LogP contribution in [-0.4, -0.2) is 28.3 Å². The zero-order chi connectivity index (χ0) is 45.3. The Kier molecular flexibility index (Phi) is 10.0. The Hall–Kier alpha value is -7.32. The minimum Gasteiger partial charge on any atom is -0.456 e. The third-order valence-electron chi connectivity index (χ3n) is 13.4. The molecule has 12 aromatic rings. The molecule has 0 bridgehead atoms. The second kappa shape index (κ2) is 16.0. The summed E-state index contributed by atoms with van der Waals surface area (Å²) in [6.45, 7) is 14.4. The summed E-state index contributed by atoms with van der Waals surface area (Å²) < 4.78 is 25.9. The molecule has 1 fully saturated rings. The molecule has 1 aliphatic rings. The van der Waals surface area contributed by atoms with Gasteiger partial charge in [0.05, 0.1) is 33.6 Å². The van der Waals surface area contributed by atoms with Crippen molar-refractivity contribution in [2.75, 3.05) is 0 Å². The molecule has 0 amide bonds. The van der Waals surface area contributed by atoms with E-state index in [1.54, 1.807) is 0 Å². The largest absolute Gasteiger partial charge is 0.498 e. The first-order valence-electron chi connectivity index (χ1n) is 22.9. The summed E-state index contributed by atoms with van der Waals surface area (Å²) in [7, 11) is -0.558. The van der Waals surface area contributed by atoms with Gasteiger partial charge in [0.1, 0.15) is 22.3 Å². The van der Waals surface area contributed by atoms with Gasteiger partial charge in [-0.15, -0.1) is 0 Å². The average Bonchev–Trinajstić information content (AvgIpc) is 4.01. The van der Waals surface area contributed by atoms with Crippen molar-refractivity contribution in [3.05, 3.63) is 175 Å². The summed E-state index contributed by atoms with van der Waals surface area (Å²) >= 11 is 0. The number of hydrogen-bond donors (Lipinski definition) is 0. The summed E-state index contributed by atoms with van der Waals surface area (Å²) in [5, 5.41) is 11.3. The fourth-order valence-electron chi connectivity index (χ4n) is 9.62. The van der Waals surface area contributed by atoms with Crippen molar-refractivity contribution < 1.29 is 18.1 Å². The summed E-state index contributed by atoms with van der Waals surface area (Å²) in [4.78, 5) is 10.2. The lowest BCUT2D eigenvalue weighted by molar-refractivity contribution is 0.00578. The highest BCUT2D eigenvalue weighted by molar-refractivity contribution is 6.66. The van der Waals surface area contributed by atoms with Gasteiger partial charge in [0.25, 0.3) is 0 Å². The molecule has 8 aromatic carbocycles. The molecule has 0 unspecified atom stereocenters. The molecule has 0 atom stereocenters. The lowest BCUT2D eigenvalue weighted by Gasteiger charge is -2.32. The van der Waals surface area contributed by atoms with E-state index in [9.17, 15) is 0 Å². The SMILES string of the molecule is CC.CC1(C)OB(c2cc3c(-c4ccccc4)nc4ccccc4c3c3c2oc2ccccc23)OC1(C)C.Cc1cc2c(-c3ccccc3)nc3ccccc3c2c2c1oc1ccccc12. The Morgan fingerprint density at radius 2 is 0.803 bits per heavy atom. The topological polar surface area (TPSA) is 70.5 Å². The van der Waals surface area contributed by atoms with E-state index < -0.39 is 18.3 Å². The van der Waals surface area contributed by atoms with Gasteiger partial charge >= 0.3 is 7.12 Å². The number of benzene rings is 8. The van der Waals surface area contributed by atoms with Crippen LogP contribution in [0.25, 0.3) is 110 Å². The zero-order valence-electron chi connectivity index (χ0n) is 38.3. The van der Waals surface area contributed by atoms with Crippen molar-refractivity contribution in [1.29, 1.82) is 0 Å². The number of fused-ring (bicyclic) bond motifs is 14. The molecule has 0 radical (unpaired) electrons. The van der Waals surface area contributed by atoms with Crippen LogP contribution in [0.4, 0.5) is 0 Å². The van der Waals surface area contributed by atoms with Crippen LogP contribution in [0.5, 0.6) is 0 Å². The number of aryl methyl sites for hydroxylation is 1. The van der Waals surface area contributed by atoms with Crippen molar-refractivity contribution >= 4 is 99.8 Å². The van der Waals surface area contributed by atoms with Gasteiger partial charge in [-0.1, -0.05) is 147 Å². The molecule has 322 valence electrons. The van der Waals surface area contributed by atoms with Crippen LogP contribution in [0.15, 0.2) is 179 Å². The van der Waals surface area contributed by atoms with Crippen LogP contribution < -0.4 is 5.46 Å².